The van der Waals surface area contributed by atoms with E-state index >= 15 is 0 Å². The first-order chi connectivity index (χ1) is 9.82. The Morgan fingerprint density at radius 1 is 1.24 bits per heavy atom. The number of nitrogens with one attached hydrogen (secondary N) is 1. The second-order valence-electron chi connectivity index (χ2n) is 5.46. The highest BCUT2D eigenvalue weighted by atomic mass is 16.4. The van der Waals surface area contributed by atoms with Gasteiger partial charge < -0.3 is 14.7 Å². The van der Waals surface area contributed by atoms with E-state index in [-0.39, 0.29) is 11.1 Å². The zero-order chi connectivity index (χ0) is 15.5. The number of aromatic carboxylic acids is 1. The summed E-state index contributed by atoms with van der Waals surface area (Å²) in [5, 5.41) is 10.7. The molecule has 0 saturated heterocycles. The van der Waals surface area contributed by atoms with Crippen LogP contribution in [0.2, 0.25) is 0 Å². The lowest BCUT2D eigenvalue weighted by Crippen LogP contribution is -2.11. The quantitative estimate of drug-likeness (QED) is 0.721. The maximum atomic E-state index is 12.4. The van der Waals surface area contributed by atoms with Crippen molar-refractivity contribution in [3.05, 3.63) is 44.9 Å². The number of benzene rings is 1. The molecular weight excluding hydrogens is 268 g/mol. The maximum absolute atomic E-state index is 12.4. The van der Waals surface area contributed by atoms with E-state index in [1.165, 1.54) is 0 Å². The van der Waals surface area contributed by atoms with Gasteiger partial charge >= 0.3 is 5.97 Å². The van der Waals surface area contributed by atoms with Gasteiger partial charge in [-0.1, -0.05) is 0 Å². The molecule has 0 aliphatic carbocycles. The summed E-state index contributed by atoms with van der Waals surface area (Å²) in [7, 11) is 1.92. The lowest BCUT2D eigenvalue weighted by Gasteiger charge is -2.08. The van der Waals surface area contributed by atoms with Crippen molar-refractivity contribution in [2.24, 2.45) is 7.05 Å². The van der Waals surface area contributed by atoms with Crippen LogP contribution in [0.1, 0.15) is 27.3 Å². The van der Waals surface area contributed by atoms with E-state index in [4.69, 9.17) is 5.11 Å². The summed E-state index contributed by atoms with van der Waals surface area (Å²) in [6.45, 7) is 5.92. The van der Waals surface area contributed by atoms with E-state index in [0.29, 0.717) is 10.9 Å². The van der Waals surface area contributed by atoms with Crippen LogP contribution < -0.4 is 5.43 Å². The molecule has 21 heavy (non-hydrogen) atoms. The summed E-state index contributed by atoms with van der Waals surface area (Å²) in [4.78, 5) is 26.4. The van der Waals surface area contributed by atoms with Crippen molar-refractivity contribution in [2.75, 3.05) is 0 Å². The van der Waals surface area contributed by atoms with Crippen molar-refractivity contribution in [3.8, 4) is 0 Å². The third kappa shape index (κ3) is 1.70. The highest BCUT2D eigenvalue weighted by molar-refractivity contribution is 6.08. The Bertz CT molecular complexity index is 977. The molecule has 108 valence electrons. The normalized spacial score (nSPS) is 11.4. The van der Waals surface area contributed by atoms with Gasteiger partial charge in [-0.25, -0.2) is 4.79 Å². The standard InChI is InChI=1S/C16H16N2O3/c1-7-5-10-8(2)9(3)18(4)15(10)13-12(19)6-11(16(20)21)17-14(7)13/h5-6H,1-4H3,(H,17,19)(H,20,21). The predicted octanol–water partition coefficient (Wildman–Crippen LogP) is 2.64. The highest BCUT2D eigenvalue weighted by Crippen LogP contribution is 2.30. The molecule has 0 unspecified atom stereocenters. The summed E-state index contributed by atoms with van der Waals surface area (Å²) in [5.41, 5.74) is 4.19. The SMILES string of the molecule is Cc1c(C)n(C)c2c1cc(C)c1[nH]c(C(=O)O)cc(=O)c12. The maximum Gasteiger partial charge on any atom is 0.352 e. The number of carboxylic acids is 1. The van der Waals surface area contributed by atoms with Crippen molar-refractivity contribution >= 4 is 27.8 Å². The molecular formula is C16H16N2O3. The zero-order valence-electron chi connectivity index (χ0n) is 12.4. The molecule has 0 aliphatic rings. The average molecular weight is 284 g/mol. The molecule has 5 nitrogen and oxygen atoms in total. The van der Waals surface area contributed by atoms with Crippen LogP contribution in [0.3, 0.4) is 0 Å². The van der Waals surface area contributed by atoms with Crippen molar-refractivity contribution in [1.29, 1.82) is 0 Å². The molecule has 3 rings (SSSR count). The fraction of sp³-hybridized carbons (Fsp3) is 0.250. The summed E-state index contributed by atoms with van der Waals surface area (Å²) >= 11 is 0. The van der Waals surface area contributed by atoms with E-state index in [9.17, 15) is 9.59 Å². The van der Waals surface area contributed by atoms with Gasteiger partial charge in [-0.05, 0) is 38.0 Å². The van der Waals surface area contributed by atoms with Gasteiger partial charge in [0.2, 0.25) is 0 Å². The molecule has 2 N–H and O–H groups in total. The largest absolute Gasteiger partial charge is 0.477 e. The molecule has 0 fully saturated rings. The zero-order valence-corrected chi connectivity index (χ0v) is 12.4. The van der Waals surface area contributed by atoms with Crippen LogP contribution in [-0.4, -0.2) is 20.6 Å². The van der Waals surface area contributed by atoms with E-state index in [1.54, 1.807) is 0 Å². The second kappa shape index (κ2) is 4.22. The monoisotopic (exact) mass is 284 g/mol. The fourth-order valence-electron chi connectivity index (χ4n) is 2.95. The molecule has 1 aromatic carbocycles. The van der Waals surface area contributed by atoms with Gasteiger partial charge in [0.15, 0.2) is 5.43 Å². The first kappa shape index (κ1) is 13.4. The number of aromatic nitrogens is 2. The number of rotatable bonds is 1. The molecule has 5 heteroatoms. The van der Waals surface area contributed by atoms with E-state index in [0.717, 1.165) is 33.8 Å². The molecule has 2 heterocycles. The van der Waals surface area contributed by atoms with Gasteiger partial charge in [0.25, 0.3) is 0 Å². The fourth-order valence-corrected chi connectivity index (χ4v) is 2.95. The summed E-state index contributed by atoms with van der Waals surface area (Å²) in [6.07, 6.45) is 0. The van der Waals surface area contributed by atoms with Crippen LogP contribution in [0.5, 0.6) is 0 Å². The Hall–Kier alpha value is -2.56. The smallest absolute Gasteiger partial charge is 0.352 e. The molecule has 0 amide bonds. The van der Waals surface area contributed by atoms with E-state index < -0.39 is 5.97 Å². The van der Waals surface area contributed by atoms with Gasteiger partial charge in [0.1, 0.15) is 5.69 Å². The molecule has 0 atom stereocenters. The van der Waals surface area contributed by atoms with Gasteiger partial charge in [-0.2, -0.15) is 0 Å². The second-order valence-corrected chi connectivity index (χ2v) is 5.46. The van der Waals surface area contributed by atoms with Gasteiger partial charge in [0.05, 0.1) is 16.4 Å². The predicted molar refractivity (Wildman–Crippen MR) is 82.2 cm³/mol. The third-order valence-corrected chi connectivity index (χ3v) is 4.29. The van der Waals surface area contributed by atoms with Crippen LogP contribution >= 0.6 is 0 Å². The van der Waals surface area contributed by atoms with Crippen LogP contribution in [-0.2, 0) is 7.05 Å². The molecule has 0 radical (unpaired) electrons. The minimum absolute atomic E-state index is 0.0856. The Kier molecular flexibility index (Phi) is 2.69. The van der Waals surface area contributed by atoms with Crippen LogP contribution in [0.25, 0.3) is 21.8 Å². The Labute approximate surface area is 120 Å². The molecule has 0 spiro atoms. The minimum Gasteiger partial charge on any atom is -0.477 e. The van der Waals surface area contributed by atoms with Crippen LogP contribution in [0, 0.1) is 20.8 Å². The van der Waals surface area contributed by atoms with Crippen molar-refractivity contribution < 1.29 is 9.90 Å². The first-order valence-electron chi connectivity index (χ1n) is 6.68. The topological polar surface area (TPSA) is 75.1 Å². The molecule has 0 saturated carbocycles. The van der Waals surface area contributed by atoms with Gasteiger partial charge in [-0.3, -0.25) is 4.79 Å². The van der Waals surface area contributed by atoms with Gasteiger partial charge in [-0.15, -0.1) is 0 Å². The highest BCUT2D eigenvalue weighted by Gasteiger charge is 2.17. The summed E-state index contributed by atoms with van der Waals surface area (Å²) < 4.78 is 1.99. The van der Waals surface area contributed by atoms with E-state index in [1.807, 2.05) is 38.5 Å². The number of carboxylic acid groups (broad SMARTS) is 1. The number of aryl methyl sites for hydroxylation is 3. The third-order valence-electron chi connectivity index (χ3n) is 4.29. The number of H-pyrrole nitrogens is 1. The molecule has 0 bridgehead atoms. The number of hydrogen-bond acceptors (Lipinski definition) is 2. The van der Waals surface area contributed by atoms with Crippen molar-refractivity contribution in [1.82, 2.24) is 9.55 Å². The average Bonchev–Trinajstić information content (AvgIpc) is 2.64. The number of aromatic amines is 1. The Morgan fingerprint density at radius 3 is 2.52 bits per heavy atom. The number of hydrogen-bond donors (Lipinski definition) is 2. The number of fused-ring (bicyclic) bond motifs is 3. The molecule has 0 aliphatic heterocycles. The Balaban J connectivity index is 2.65. The number of nitrogens with zero attached hydrogens (tertiary/aromatic N) is 1. The number of carbonyl (C=O) groups is 1. The minimum atomic E-state index is -1.13. The first-order valence-corrected chi connectivity index (χ1v) is 6.68. The summed E-state index contributed by atoms with van der Waals surface area (Å²) in [6, 6.07) is 3.16. The molecule has 3 aromatic rings. The van der Waals surface area contributed by atoms with Crippen molar-refractivity contribution in [3.63, 3.8) is 0 Å². The summed E-state index contributed by atoms with van der Waals surface area (Å²) in [5.74, 6) is -1.13. The lowest BCUT2D eigenvalue weighted by atomic mass is 10.0. The van der Waals surface area contributed by atoms with Gasteiger partial charge in [0, 0.05) is 24.2 Å². The van der Waals surface area contributed by atoms with Crippen LogP contribution in [0.4, 0.5) is 0 Å². The Morgan fingerprint density at radius 2 is 1.90 bits per heavy atom. The van der Waals surface area contributed by atoms with Crippen molar-refractivity contribution in [2.45, 2.75) is 20.8 Å². The number of pyridine rings is 1. The lowest BCUT2D eigenvalue weighted by molar-refractivity contribution is 0.0691. The van der Waals surface area contributed by atoms with E-state index in [2.05, 4.69) is 4.98 Å². The molecule has 2 aromatic heterocycles. The van der Waals surface area contributed by atoms with Crippen LogP contribution in [0.15, 0.2) is 16.9 Å².